The van der Waals surface area contributed by atoms with Crippen LogP contribution in [0.2, 0.25) is 0 Å². The topological polar surface area (TPSA) is 131 Å². The number of ether oxygens (including phenoxy) is 2. The van der Waals surface area contributed by atoms with E-state index in [9.17, 15) is 18.0 Å². The van der Waals surface area contributed by atoms with Crippen LogP contribution in [-0.2, 0) is 31.0 Å². The number of carbonyl (C=O) groups is 2. The first-order valence-electron chi connectivity index (χ1n) is 7.58. The second-order valence-corrected chi connectivity index (χ2v) is 7.00. The molecule has 1 aliphatic rings. The number of benzene rings is 1. The summed E-state index contributed by atoms with van der Waals surface area (Å²) in [5.74, 6) is -1.13. The van der Waals surface area contributed by atoms with Crippen LogP contribution in [0.1, 0.15) is 12.5 Å². The Morgan fingerprint density at radius 2 is 1.85 bits per heavy atom. The molecule has 1 fully saturated rings. The van der Waals surface area contributed by atoms with Crippen molar-refractivity contribution < 1.29 is 36.9 Å². The SMILES string of the molecule is COc1cccc(OC)c1CC(=O)N[C@@H]1C(=O)N(OCS(=O)(=O)O)[C@H]1C. The fourth-order valence-corrected chi connectivity index (χ4v) is 2.82. The van der Waals surface area contributed by atoms with Gasteiger partial charge in [0.1, 0.15) is 17.5 Å². The number of rotatable bonds is 8. The molecule has 1 heterocycles. The third-order valence-electron chi connectivity index (χ3n) is 3.86. The largest absolute Gasteiger partial charge is 0.496 e. The molecule has 11 heteroatoms. The van der Waals surface area contributed by atoms with Crippen molar-refractivity contribution in [2.75, 3.05) is 20.2 Å². The van der Waals surface area contributed by atoms with Gasteiger partial charge in [-0.25, -0.2) is 5.06 Å². The Labute approximate surface area is 150 Å². The average Bonchev–Trinajstić information content (AvgIpc) is 2.59. The predicted octanol–water partition coefficient (Wildman–Crippen LogP) is -0.261. The lowest BCUT2D eigenvalue weighted by Gasteiger charge is -2.43. The minimum atomic E-state index is -4.37. The van der Waals surface area contributed by atoms with Gasteiger partial charge in [0.05, 0.1) is 26.7 Å². The summed E-state index contributed by atoms with van der Waals surface area (Å²) in [5, 5.41) is 3.35. The molecule has 1 aromatic carbocycles. The molecule has 0 aromatic heterocycles. The van der Waals surface area contributed by atoms with Gasteiger partial charge in [0, 0.05) is 5.56 Å². The summed E-state index contributed by atoms with van der Waals surface area (Å²) in [5.41, 5.74) is 0.536. The van der Waals surface area contributed by atoms with Crippen LogP contribution in [0.25, 0.3) is 0 Å². The Morgan fingerprint density at radius 3 is 2.31 bits per heavy atom. The van der Waals surface area contributed by atoms with E-state index in [0.29, 0.717) is 17.1 Å². The molecule has 26 heavy (non-hydrogen) atoms. The minimum absolute atomic E-state index is 0.0738. The van der Waals surface area contributed by atoms with Crippen LogP contribution in [0.15, 0.2) is 18.2 Å². The maximum absolute atomic E-state index is 12.3. The zero-order valence-corrected chi connectivity index (χ0v) is 15.3. The highest BCUT2D eigenvalue weighted by molar-refractivity contribution is 7.85. The average molecular weight is 388 g/mol. The Balaban J connectivity index is 1.98. The molecule has 0 spiro atoms. The summed E-state index contributed by atoms with van der Waals surface area (Å²) in [6, 6.07) is 3.65. The Kier molecular flexibility index (Phi) is 6.05. The van der Waals surface area contributed by atoms with Crippen molar-refractivity contribution in [3.63, 3.8) is 0 Å². The van der Waals surface area contributed by atoms with Crippen molar-refractivity contribution in [3.8, 4) is 11.5 Å². The van der Waals surface area contributed by atoms with Gasteiger partial charge < -0.3 is 14.8 Å². The van der Waals surface area contributed by atoms with Gasteiger partial charge in [-0.15, -0.1) is 0 Å². The second kappa shape index (κ2) is 7.89. The summed E-state index contributed by atoms with van der Waals surface area (Å²) in [4.78, 5) is 29.0. The van der Waals surface area contributed by atoms with E-state index in [1.54, 1.807) is 25.1 Å². The van der Waals surface area contributed by atoms with Gasteiger partial charge in [-0.1, -0.05) is 6.07 Å². The molecule has 0 radical (unpaired) electrons. The first-order chi connectivity index (χ1) is 12.2. The van der Waals surface area contributed by atoms with E-state index in [4.69, 9.17) is 18.9 Å². The van der Waals surface area contributed by atoms with Gasteiger partial charge >= 0.3 is 0 Å². The summed E-state index contributed by atoms with van der Waals surface area (Å²) < 4.78 is 40.4. The minimum Gasteiger partial charge on any atom is -0.496 e. The van der Waals surface area contributed by atoms with E-state index in [1.165, 1.54) is 14.2 Å². The van der Waals surface area contributed by atoms with Crippen molar-refractivity contribution in [1.82, 2.24) is 10.4 Å². The number of carbonyl (C=O) groups excluding carboxylic acids is 2. The van der Waals surface area contributed by atoms with E-state index < -0.39 is 40.0 Å². The molecule has 0 unspecified atom stereocenters. The maximum atomic E-state index is 12.3. The number of nitrogens with one attached hydrogen (secondary N) is 1. The number of hydroxylamine groups is 2. The molecule has 1 aromatic rings. The van der Waals surface area contributed by atoms with Gasteiger partial charge in [-0.2, -0.15) is 8.42 Å². The molecule has 10 nitrogen and oxygen atoms in total. The molecule has 0 aliphatic carbocycles. The van der Waals surface area contributed by atoms with Crippen molar-refractivity contribution in [2.24, 2.45) is 0 Å². The second-order valence-electron chi connectivity index (χ2n) is 5.60. The number of hydrogen-bond donors (Lipinski definition) is 2. The number of β-lactam (4-membered cyclic amide) rings is 1. The molecule has 0 saturated carbocycles. The maximum Gasteiger partial charge on any atom is 0.292 e. The normalized spacial score (nSPS) is 19.7. The molecule has 0 bridgehead atoms. The van der Waals surface area contributed by atoms with Crippen LogP contribution >= 0.6 is 0 Å². The first kappa shape index (κ1) is 19.9. The highest BCUT2D eigenvalue weighted by atomic mass is 32.2. The molecule has 2 atom stereocenters. The molecule has 2 rings (SSSR count). The molecule has 1 aliphatic heterocycles. The van der Waals surface area contributed by atoms with Gasteiger partial charge in [-0.3, -0.25) is 19.0 Å². The lowest BCUT2D eigenvalue weighted by molar-refractivity contribution is -0.224. The number of amides is 2. The number of methoxy groups -OCH3 is 2. The lowest BCUT2D eigenvalue weighted by Crippen LogP contribution is -2.69. The highest BCUT2D eigenvalue weighted by Crippen LogP contribution is 2.29. The van der Waals surface area contributed by atoms with Crippen LogP contribution in [0, 0.1) is 0 Å². The van der Waals surface area contributed by atoms with Crippen molar-refractivity contribution >= 4 is 21.9 Å². The van der Waals surface area contributed by atoms with E-state index in [0.717, 1.165) is 5.06 Å². The van der Waals surface area contributed by atoms with E-state index >= 15 is 0 Å². The fourth-order valence-electron chi connectivity index (χ4n) is 2.57. The summed E-state index contributed by atoms with van der Waals surface area (Å²) in [6.07, 6.45) is -0.0738. The van der Waals surface area contributed by atoms with E-state index in [2.05, 4.69) is 5.32 Å². The van der Waals surface area contributed by atoms with Crippen molar-refractivity contribution in [3.05, 3.63) is 23.8 Å². The van der Waals surface area contributed by atoms with Gasteiger partial charge in [0.15, 0.2) is 0 Å². The Bertz CT molecular complexity index is 773. The molecular weight excluding hydrogens is 368 g/mol. The highest BCUT2D eigenvalue weighted by Gasteiger charge is 2.47. The first-order valence-corrected chi connectivity index (χ1v) is 9.19. The summed E-state index contributed by atoms with van der Waals surface area (Å²) in [6.45, 7) is 1.57. The molecule has 2 N–H and O–H groups in total. The molecule has 1 saturated heterocycles. The van der Waals surface area contributed by atoms with Gasteiger partial charge in [0.25, 0.3) is 16.0 Å². The van der Waals surface area contributed by atoms with Crippen LogP contribution < -0.4 is 14.8 Å². The standard InChI is InChI=1S/C15H20N2O8S/c1-9-14(15(19)17(9)25-8-26(20,21)22)16-13(18)7-10-11(23-2)5-4-6-12(10)24-3/h4-6,9,14H,7-8H2,1-3H3,(H,16,18)(H,20,21,22)/t9-,14-/m0/s1. The monoisotopic (exact) mass is 388 g/mol. The van der Waals surface area contributed by atoms with Crippen molar-refractivity contribution in [2.45, 2.75) is 25.4 Å². The zero-order valence-electron chi connectivity index (χ0n) is 14.5. The predicted molar refractivity (Wildman–Crippen MR) is 89.0 cm³/mol. The summed E-state index contributed by atoms with van der Waals surface area (Å²) in [7, 11) is -1.43. The van der Waals surface area contributed by atoms with E-state index in [-0.39, 0.29) is 6.42 Å². The van der Waals surface area contributed by atoms with Gasteiger partial charge in [-0.05, 0) is 19.1 Å². The quantitative estimate of drug-likeness (QED) is 0.460. The molecule has 144 valence electrons. The lowest BCUT2D eigenvalue weighted by atomic mass is 9.99. The summed E-state index contributed by atoms with van der Waals surface area (Å²) >= 11 is 0. The van der Waals surface area contributed by atoms with Crippen molar-refractivity contribution in [1.29, 1.82) is 0 Å². The number of nitrogens with zero attached hydrogens (tertiary/aromatic N) is 1. The number of hydrogen-bond acceptors (Lipinski definition) is 7. The smallest absolute Gasteiger partial charge is 0.292 e. The van der Waals surface area contributed by atoms with Crippen LogP contribution in [0.4, 0.5) is 0 Å². The third kappa shape index (κ3) is 4.42. The van der Waals surface area contributed by atoms with Gasteiger partial charge in [0.2, 0.25) is 11.8 Å². The zero-order chi connectivity index (χ0) is 19.5. The Morgan fingerprint density at radius 1 is 1.27 bits per heavy atom. The van der Waals surface area contributed by atoms with Crippen LogP contribution in [0.3, 0.4) is 0 Å². The van der Waals surface area contributed by atoms with Crippen LogP contribution in [-0.4, -0.2) is 62.1 Å². The Hall–Kier alpha value is -2.37. The van der Waals surface area contributed by atoms with Crippen LogP contribution in [0.5, 0.6) is 11.5 Å². The van der Waals surface area contributed by atoms with E-state index in [1.807, 2.05) is 0 Å². The third-order valence-corrected chi connectivity index (χ3v) is 4.26. The molecule has 2 amide bonds. The molecular formula is C15H20N2O8S. The fraction of sp³-hybridized carbons (Fsp3) is 0.467.